The largest absolute Gasteiger partial charge is 0.473 e. The third-order valence-electron chi connectivity index (χ3n) is 2.00. The molecule has 0 aliphatic carbocycles. The standard InChI is InChI=1S/C9H13N5O/c1-6-3-8(15-7(2)4-10)14-9(13-6)11-5-12-14/h3,5,7H,4,10H2,1-2H3/t7-/m1/s1. The molecule has 2 aromatic rings. The molecule has 15 heavy (non-hydrogen) atoms. The van der Waals surface area contributed by atoms with Gasteiger partial charge in [0.15, 0.2) is 0 Å². The normalized spacial score (nSPS) is 13.0. The molecule has 0 aliphatic heterocycles. The number of nitrogens with two attached hydrogens (primary N) is 1. The van der Waals surface area contributed by atoms with Crippen molar-refractivity contribution in [1.82, 2.24) is 19.6 Å². The van der Waals surface area contributed by atoms with Gasteiger partial charge in [0.25, 0.3) is 5.78 Å². The lowest BCUT2D eigenvalue weighted by atomic mass is 10.4. The molecular formula is C9H13N5O. The Bertz CT molecular complexity index is 466. The molecule has 0 aromatic carbocycles. The third-order valence-corrected chi connectivity index (χ3v) is 2.00. The van der Waals surface area contributed by atoms with Gasteiger partial charge in [0.05, 0.1) is 0 Å². The van der Waals surface area contributed by atoms with Crippen LogP contribution < -0.4 is 10.5 Å². The molecule has 6 heteroatoms. The van der Waals surface area contributed by atoms with Crippen LogP contribution in [0.5, 0.6) is 5.88 Å². The average molecular weight is 207 g/mol. The Morgan fingerprint density at radius 3 is 3.13 bits per heavy atom. The Balaban J connectivity index is 2.44. The number of fused-ring (bicyclic) bond motifs is 1. The second-order valence-electron chi connectivity index (χ2n) is 3.37. The summed E-state index contributed by atoms with van der Waals surface area (Å²) in [7, 11) is 0. The van der Waals surface area contributed by atoms with Crippen molar-refractivity contribution in [1.29, 1.82) is 0 Å². The lowest BCUT2D eigenvalue weighted by Gasteiger charge is -2.12. The quantitative estimate of drug-likeness (QED) is 0.775. The molecule has 80 valence electrons. The second-order valence-corrected chi connectivity index (χ2v) is 3.37. The zero-order chi connectivity index (χ0) is 10.8. The van der Waals surface area contributed by atoms with Crippen LogP contribution in [0, 0.1) is 6.92 Å². The maximum Gasteiger partial charge on any atom is 0.255 e. The Kier molecular flexibility index (Phi) is 2.51. The van der Waals surface area contributed by atoms with Crippen molar-refractivity contribution < 1.29 is 4.74 Å². The highest BCUT2D eigenvalue weighted by atomic mass is 16.5. The number of hydrogen-bond acceptors (Lipinski definition) is 5. The highest BCUT2D eigenvalue weighted by molar-refractivity contribution is 5.32. The van der Waals surface area contributed by atoms with Gasteiger partial charge in [0.2, 0.25) is 5.88 Å². The number of hydrogen-bond donors (Lipinski definition) is 1. The molecule has 0 spiro atoms. The summed E-state index contributed by atoms with van der Waals surface area (Å²) in [4.78, 5) is 8.21. The fourth-order valence-electron chi connectivity index (χ4n) is 1.24. The van der Waals surface area contributed by atoms with E-state index in [1.54, 1.807) is 4.52 Å². The molecule has 2 rings (SSSR count). The first-order valence-corrected chi connectivity index (χ1v) is 4.75. The first kappa shape index (κ1) is 9.85. The van der Waals surface area contributed by atoms with E-state index in [9.17, 15) is 0 Å². The van der Waals surface area contributed by atoms with Gasteiger partial charge < -0.3 is 10.5 Å². The van der Waals surface area contributed by atoms with Crippen molar-refractivity contribution in [3.05, 3.63) is 18.1 Å². The molecule has 0 radical (unpaired) electrons. The average Bonchev–Trinajstić information content (AvgIpc) is 2.65. The molecule has 2 aromatic heterocycles. The highest BCUT2D eigenvalue weighted by Crippen LogP contribution is 2.13. The van der Waals surface area contributed by atoms with Crippen molar-refractivity contribution in [2.45, 2.75) is 20.0 Å². The van der Waals surface area contributed by atoms with Crippen molar-refractivity contribution >= 4 is 5.78 Å². The van der Waals surface area contributed by atoms with Crippen LogP contribution in [0.3, 0.4) is 0 Å². The van der Waals surface area contributed by atoms with Crippen LogP contribution in [-0.4, -0.2) is 32.2 Å². The summed E-state index contributed by atoms with van der Waals surface area (Å²) >= 11 is 0. The van der Waals surface area contributed by atoms with E-state index in [0.717, 1.165) is 5.69 Å². The first-order chi connectivity index (χ1) is 7.20. The molecular weight excluding hydrogens is 194 g/mol. The van der Waals surface area contributed by atoms with Gasteiger partial charge in [-0.3, -0.25) is 0 Å². The summed E-state index contributed by atoms with van der Waals surface area (Å²) in [6.07, 6.45) is 1.39. The monoisotopic (exact) mass is 207 g/mol. The van der Waals surface area contributed by atoms with E-state index < -0.39 is 0 Å². The molecule has 0 saturated carbocycles. The molecule has 0 amide bonds. The predicted octanol–water partition coefficient (Wildman–Crippen LogP) is 0.159. The smallest absolute Gasteiger partial charge is 0.255 e. The van der Waals surface area contributed by atoms with Crippen LogP contribution in [0.25, 0.3) is 5.78 Å². The Morgan fingerprint density at radius 1 is 1.60 bits per heavy atom. The predicted molar refractivity (Wildman–Crippen MR) is 54.7 cm³/mol. The van der Waals surface area contributed by atoms with Crippen LogP contribution in [0.1, 0.15) is 12.6 Å². The van der Waals surface area contributed by atoms with E-state index in [-0.39, 0.29) is 6.10 Å². The molecule has 0 saturated heterocycles. The minimum Gasteiger partial charge on any atom is -0.473 e. The number of rotatable bonds is 3. The molecule has 0 fully saturated rings. The van der Waals surface area contributed by atoms with Gasteiger partial charge in [-0.1, -0.05) is 0 Å². The summed E-state index contributed by atoms with van der Waals surface area (Å²) in [5.41, 5.74) is 6.33. The molecule has 0 aliphatic rings. The van der Waals surface area contributed by atoms with Gasteiger partial charge >= 0.3 is 0 Å². The van der Waals surface area contributed by atoms with Crippen LogP contribution in [0.2, 0.25) is 0 Å². The summed E-state index contributed by atoms with van der Waals surface area (Å²) in [5.74, 6) is 1.15. The summed E-state index contributed by atoms with van der Waals surface area (Å²) < 4.78 is 7.17. The fraction of sp³-hybridized carbons (Fsp3) is 0.444. The zero-order valence-electron chi connectivity index (χ0n) is 8.71. The molecule has 2 N–H and O–H groups in total. The zero-order valence-corrected chi connectivity index (χ0v) is 8.71. The van der Waals surface area contributed by atoms with Crippen molar-refractivity contribution in [2.75, 3.05) is 6.54 Å². The fourth-order valence-corrected chi connectivity index (χ4v) is 1.24. The van der Waals surface area contributed by atoms with Gasteiger partial charge in [-0.15, -0.1) is 0 Å². The van der Waals surface area contributed by atoms with Crippen LogP contribution >= 0.6 is 0 Å². The highest BCUT2D eigenvalue weighted by Gasteiger charge is 2.09. The van der Waals surface area contributed by atoms with E-state index >= 15 is 0 Å². The number of nitrogens with zero attached hydrogens (tertiary/aromatic N) is 4. The molecule has 1 atom stereocenters. The Morgan fingerprint density at radius 2 is 2.40 bits per heavy atom. The summed E-state index contributed by atoms with van der Waals surface area (Å²) in [6, 6.07) is 1.81. The second kappa shape index (κ2) is 3.82. The lowest BCUT2D eigenvalue weighted by Crippen LogP contribution is -2.24. The van der Waals surface area contributed by atoms with E-state index in [0.29, 0.717) is 18.2 Å². The molecule has 2 heterocycles. The number of ether oxygens (including phenoxy) is 1. The number of aryl methyl sites for hydroxylation is 1. The molecule has 0 bridgehead atoms. The Hall–Kier alpha value is -1.69. The third kappa shape index (κ3) is 1.89. The SMILES string of the molecule is Cc1cc(O[C@H](C)CN)n2ncnc2n1. The van der Waals surface area contributed by atoms with Gasteiger partial charge in [-0.2, -0.15) is 14.6 Å². The maximum atomic E-state index is 5.61. The molecule has 6 nitrogen and oxygen atoms in total. The van der Waals surface area contributed by atoms with E-state index in [1.165, 1.54) is 6.33 Å². The maximum absolute atomic E-state index is 5.61. The van der Waals surface area contributed by atoms with Crippen LogP contribution in [0.4, 0.5) is 0 Å². The van der Waals surface area contributed by atoms with Gasteiger partial charge in [-0.25, -0.2) is 4.98 Å². The summed E-state index contributed by atoms with van der Waals surface area (Å²) in [5, 5.41) is 4.02. The topological polar surface area (TPSA) is 78.3 Å². The van der Waals surface area contributed by atoms with Crippen LogP contribution in [-0.2, 0) is 0 Å². The van der Waals surface area contributed by atoms with E-state index in [2.05, 4.69) is 15.1 Å². The summed E-state index contributed by atoms with van der Waals surface area (Å²) in [6.45, 7) is 4.24. The minimum atomic E-state index is -0.0563. The minimum absolute atomic E-state index is 0.0563. The first-order valence-electron chi connectivity index (χ1n) is 4.75. The van der Waals surface area contributed by atoms with E-state index in [1.807, 2.05) is 19.9 Å². The Labute approximate surface area is 87.1 Å². The van der Waals surface area contributed by atoms with Crippen molar-refractivity contribution in [2.24, 2.45) is 5.73 Å². The number of aromatic nitrogens is 4. The van der Waals surface area contributed by atoms with Gasteiger partial charge in [0, 0.05) is 18.3 Å². The lowest BCUT2D eigenvalue weighted by molar-refractivity contribution is 0.214. The van der Waals surface area contributed by atoms with Crippen LogP contribution in [0.15, 0.2) is 12.4 Å². The van der Waals surface area contributed by atoms with Gasteiger partial charge in [-0.05, 0) is 13.8 Å². The van der Waals surface area contributed by atoms with Crippen molar-refractivity contribution in [3.8, 4) is 5.88 Å². The van der Waals surface area contributed by atoms with Crippen molar-refractivity contribution in [3.63, 3.8) is 0 Å². The van der Waals surface area contributed by atoms with Gasteiger partial charge in [0.1, 0.15) is 12.4 Å². The molecule has 0 unspecified atom stereocenters. The van der Waals surface area contributed by atoms with E-state index in [4.69, 9.17) is 10.5 Å².